The third-order valence-corrected chi connectivity index (χ3v) is 3.38. The molecule has 0 N–H and O–H groups in total. The highest BCUT2D eigenvalue weighted by Crippen LogP contribution is 2.14. The molecule has 1 aliphatic heterocycles. The van der Waals surface area contributed by atoms with E-state index < -0.39 is 0 Å². The summed E-state index contributed by atoms with van der Waals surface area (Å²) in [4.78, 5) is 13.7. The quantitative estimate of drug-likeness (QED) is 0.845. The van der Waals surface area contributed by atoms with Crippen molar-refractivity contribution >= 4 is 5.96 Å². The Balaban J connectivity index is 1.90. The minimum absolute atomic E-state index is 0.0183. The molecule has 1 aromatic heterocycles. The van der Waals surface area contributed by atoms with Crippen LogP contribution in [0.15, 0.2) is 29.5 Å². The Hall–Kier alpha value is -1.58. The Morgan fingerprint density at radius 1 is 1.30 bits per heavy atom. The van der Waals surface area contributed by atoms with Gasteiger partial charge < -0.3 is 9.80 Å². The van der Waals surface area contributed by atoms with E-state index in [0.29, 0.717) is 0 Å². The summed E-state index contributed by atoms with van der Waals surface area (Å²) in [5, 5.41) is 0. The summed E-state index contributed by atoms with van der Waals surface area (Å²) in [7, 11) is 2.13. The molecule has 4 heteroatoms. The zero-order valence-electron chi connectivity index (χ0n) is 13.1. The van der Waals surface area contributed by atoms with Gasteiger partial charge in [-0.15, -0.1) is 0 Å². The van der Waals surface area contributed by atoms with E-state index in [9.17, 15) is 0 Å². The lowest BCUT2D eigenvalue weighted by Gasteiger charge is -2.24. The summed E-state index contributed by atoms with van der Waals surface area (Å²) in [6.07, 6.45) is 6.01. The first-order valence-corrected chi connectivity index (χ1v) is 7.40. The van der Waals surface area contributed by atoms with E-state index in [0.717, 1.165) is 38.4 Å². The molecule has 0 aliphatic carbocycles. The third kappa shape index (κ3) is 4.22. The van der Waals surface area contributed by atoms with Crippen LogP contribution in [0.5, 0.6) is 0 Å². The Morgan fingerprint density at radius 3 is 2.75 bits per heavy atom. The van der Waals surface area contributed by atoms with Gasteiger partial charge in [-0.05, 0) is 45.2 Å². The molecular weight excluding hydrogens is 248 g/mol. The molecule has 110 valence electrons. The van der Waals surface area contributed by atoms with Crippen LogP contribution in [0.3, 0.4) is 0 Å². The summed E-state index contributed by atoms with van der Waals surface area (Å²) in [5.74, 6) is 1.14. The van der Waals surface area contributed by atoms with Crippen molar-refractivity contribution in [2.45, 2.75) is 39.2 Å². The number of likely N-dealkylation sites (N-methyl/N-ethyl adjacent to an activating group) is 1. The largest absolute Gasteiger partial charge is 0.344 e. The maximum atomic E-state index is 4.85. The molecule has 0 amide bonds. The predicted octanol–water partition coefficient (Wildman–Crippen LogP) is 2.42. The SMILES string of the molecule is CN1CCN(CCCc2cccnc2)C1=NC(C)(C)C. The molecule has 0 radical (unpaired) electrons. The van der Waals surface area contributed by atoms with E-state index in [1.807, 2.05) is 18.5 Å². The molecule has 2 rings (SSSR count). The van der Waals surface area contributed by atoms with Gasteiger partial charge in [-0.3, -0.25) is 4.98 Å². The highest BCUT2D eigenvalue weighted by Gasteiger charge is 2.25. The topological polar surface area (TPSA) is 31.7 Å². The van der Waals surface area contributed by atoms with Crippen molar-refractivity contribution in [2.75, 3.05) is 26.7 Å². The maximum absolute atomic E-state index is 4.85. The molecule has 20 heavy (non-hydrogen) atoms. The van der Waals surface area contributed by atoms with Gasteiger partial charge in [0.15, 0.2) is 5.96 Å². The van der Waals surface area contributed by atoms with E-state index >= 15 is 0 Å². The third-order valence-electron chi connectivity index (χ3n) is 3.38. The van der Waals surface area contributed by atoms with Crippen molar-refractivity contribution in [3.8, 4) is 0 Å². The molecule has 0 atom stereocenters. The molecule has 1 saturated heterocycles. The van der Waals surface area contributed by atoms with Gasteiger partial charge in [0, 0.05) is 39.1 Å². The fourth-order valence-corrected chi connectivity index (χ4v) is 2.40. The molecule has 4 nitrogen and oxygen atoms in total. The molecular formula is C16H26N4. The zero-order valence-corrected chi connectivity index (χ0v) is 13.1. The van der Waals surface area contributed by atoms with Gasteiger partial charge in [-0.2, -0.15) is 0 Å². The van der Waals surface area contributed by atoms with Crippen molar-refractivity contribution in [1.82, 2.24) is 14.8 Å². The van der Waals surface area contributed by atoms with Crippen LogP contribution in [-0.2, 0) is 6.42 Å². The van der Waals surface area contributed by atoms with Gasteiger partial charge in [-0.25, -0.2) is 4.99 Å². The maximum Gasteiger partial charge on any atom is 0.196 e. The number of nitrogens with zero attached hydrogens (tertiary/aromatic N) is 4. The van der Waals surface area contributed by atoms with E-state index in [4.69, 9.17) is 4.99 Å². The standard InChI is InChI=1S/C16H26N4/c1-16(2,3)18-15-19(4)11-12-20(15)10-6-8-14-7-5-9-17-13-14/h5,7,9,13H,6,8,10-12H2,1-4H3. The van der Waals surface area contributed by atoms with E-state index in [1.165, 1.54) is 5.56 Å². The Bertz CT molecular complexity index is 447. The molecule has 1 aliphatic rings. The number of hydrogen-bond donors (Lipinski definition) is 0. The molecule has 0 saturated carbocycles. The highest BCUT2D eigenvalue weighted by molar-refractivity contribution is 5.82. The number of aromatic nitrogens is 1. The normalized spacial score (nSPS) is 18.1. The number of aryl methyl sites for hydroxylation is 1. The van der Waals surface area contributed by atoms with E-state index in [-0.39, 0.29) is 5.54 Å². The summed E-state index contributed by atoms with van der Waals surface area (Å²) in [6.45, 7) is 9.67. The average Bonchev–Trinajstić information content (AvgIpc) is 2.71. The first-order valence-electron chi connectivity index (χ1n) is 7.40. The van der Waals surface area contributed by atoms with Crippen LogP contribution >= 0.6 is 0 Å². The molecule has 0 bridgehead atoms. The van der Waals surface area contributed by atoms with E-state index in [2.05, 4.69) is 48.7 Å². The molecule has 1 fully saturated rings. The van der Waals surface area contributed by atoms with Crippen LogP contribution in [-0.4, -0.2) is 53.0 Å². The monoisotopic (exact) mass is 274 g/mol. The molecule has 2 heterocycles. The van der Waals surface area contributed by atoms with Crippen LogP contribution in [0.1, 0.15) is 32.8 Å². The fourth-order valence-electron chi connectivity index (χ4n) is 2.40. The molecule has 0 spiro atoms. The van der Waals surface area contributed by atoms with Crippen LogP contribution in [0.25, 0.3) is 0 Å². The predicted molar refractivity (Wildman–Crippen MR) is 83.9 cm³/mol. The van der Waals surface area contributed by atoms with Gasteiger partial charge in [0.25, 0.3) is 0 Å². The van der Waals surface area contributed by atoms with Crippen molar-refractivity contribution < 1.29 is 0 Å². The number of guanidine groups is 1. The Morgan fingerprint density at radius 2 is 2.10 bits per heavy atom. The number of hydrogen-bond acceptors (Lipinski definition) is 2. The first kappa shape index (κ1) is 14.8. The van der Waals surface area contributed by atoms with Gasteiger partial charge in [0.05, 0.1) is 5.54 Å². The van der Waals surface area contributed by atoms with Gasteiger partial charge >= 0.3 is 0 Å². The van der Waals surface area contributed by atoms with Gasteiger partial charge in [-0.1, -0.05) is 6.07 Å². The van der Waals surface area contributed by atoms with Gasteiger partial charge in [0.1, 0.15) is 0 Å². The van der Waals surface area contributed by atoms with Gasteiger partial charge in [0.2, 0.25) is 0 Å². The lowest BCUT2D eigenvalue weighted by molar-refractivity contribution is 0.439. The smallest absolute Gasteiger partial charge is 0.196 e. The lowest BCUT2D eigenvalue weighted by Crippen LogP contribution is -2.35. The van der Waals surface area contributed by atoms with Crippen molar-refractivity contribution in [3.63, 3.8) is 0 Å². The lowest BCUT2D eigenvalue weighted by atomic mass is 10.1. The van der Waals surface area contributed by atoms with Crippen LogP contribution in [0.4, 0.5) is 0 Å². The second-order valence-electron chi connectivity index (χ2n) is 6.46. The first-order chi connectivity index (χ1) is 9.46. The van der Waals surface area contributed by atoms with Crippen molar-refractivity contribution in [2.24, 2.45) is 4.99 Å². The van der Waals surface area contributed by atoms with Crippen LogP contribution < -0.4 is 0 Å². The molecule has 1 aromatic rings. The van der Waals surface area contributed by atoms with Crippen molar-refractivity contribution in [3.05, 3.63) is 30.1 Å². The number of aliphatic imine (C=N–C) groups is 1. The van der Waals surface area contributed by atoms with E-state index in [1.54, 1.807) is 0 Å². The zero-order chi connectivity index (χ0) is 14.6. The highest BCUT2D eigenvalue weighted by atomic mass is 15.4. The minimum atomic E-state index is -0.0183. The second-order valence-corrected chi connectivity index (χ2v) is 6.46. The number of pyridine rings is 1. The summed E-state index contributed by atoms with van der Waals surface area (Å²) in [6, 6.07) is 4.15. The van der Waals surface area contributed by atoms with Crippen LogP contribution in [0, 0.1) is 0 Å². The molecule has 0 unspecified atom stereocenters. The summed E-state index contributed by atoms with van der Waals surface area (Å²) in [5.41, 5.74) is 1.30. The average molecular weight is 274 g/mol. The van der Waals surface area contributed by atoms with Crippen LogP contribution in [0.2, 0.25) is 0 Å². The fraction of sp³-hybridized carbons (Fsp3) is 0.625. The number of rotatable bonds is 4. The molecule has 0 aromatic carbocycles. The summed E-state index contributed by atoms with van der Waals surface area (Å²) < 4.78 is 0. The van der Waals surface area contributed by atoms with Crippen molar-refractivity contribution in [1.29, 1.82) is 0 Å². The second kappa shape index (κ2) is 6.25. The minimum Gasteiger partial charge on any atom is -0.344 e. The summed E-state index contributed by atoms with van der Waals surface area (Å²) >= 11 is 0. The Labute approximate surface area is 122 Å². The Kier molecular flexibility index (Phi) is 4.63.